The Kier molecular flexibility index (Phi) is 9.38. The number of nitrogens with zero attached hydrogens (tertiary/aromatic N) is 3. The predicted octanol–water partition coefficient (Wildman–Crippen LogP) is 8.13. The lowest BCUT2D eigenvalue weighted by Gasteiger charge is -2.37. The van der Waals surface area contributed by atoms with Gasteiger partial charge in [-0.25, -0.2) is 0 Å². The van der Waals surface area contributed by atoms with Gasteiger partial charge in [0.1, 0.15) is 12.4 Å². The molecule has 9 rings (SSSR count). The van der Waals surface area contributed by atoms with Crippen molar-refractivity contribution in [3.63, 3.8) is 0 Å². The van der Waals surface area contributed by atoms with E-state index in [1.54, 1.807) is 27.5 Å². The number of hydrogen-bond acceptors (Lipinski definition) is 9. The van der Waals surface area contributed by atoms with Gasteiger partial charge < -0.3 is 28.4 Å². The van der Waals surface area contributed by atoms with Crippen molar-refractivity contribution in [3.8, 4) is 46.0 Å². The van der Waals surface area contributed by atoms with E-state index in [9.17, 15) is 0 Å². The van der Waals surface area contributed by atoms with Crippen molar-refractivity contribution < 1.29 is 28.4 Å². The van der Waals surface area contributed by atoms with Gasteiger partial charge in [-0.2, -0.15) is 0 Å². The minimum atomic E-state index is -0.0488. The highest BCUT2D eigenvalue weighted by atomic mass is 16.6. The van der Waals surface area contributed by atoms with Gasteiger partial charge >= 0.3 is 0 Å². The Hall–Kier alpha value is -5.25. The van der Waals surface area contributed by atoms with Gasteiger partial charge in [0.15, 0.2) is 34.5 Å². The van der Waals surface area contributed by atoms with E-state index in [1.807, 2.05) is 24.4 Å². The normalized spacial score (nSPS) is 18.2. The van der Waals surface area contributed by atoms with E-state index in [2.05, 4.69) is 83.5 Å². The monoisotopic (exact) mass is 699 g/mol. The van der Waals surface area contributed by atoms with E-state index in [0.717, 1.165) is 60.4 Å². The molecule has 1 aromatic heterocycles. The molecule has 0 fully saturated rings. The Morgan fingerprint density at radius 2 is 1.40 bits per heavy atom. The molecule has 2 unspecified atom stereocenters. The zero-order valence-corrected chi connectivity index (χ0v) is 30.5. The SMILES string of the molecule is COc1ccc2cc1Oc1ccc(cc1)CC1c3cc(c(OC)cc3CCN1C)Oc1c(OCc3cccnc3)c(OC)cc3c1C(C2)N(C)CC3. The maximum atomic E-state index is 7.21. The van der Waals surface area contributed by atoms with Crippen LogP contribution in [0, 0.1) is 0 Å². The lowest BCUT2D eigenvalue weighted by atomic mass is 9.87. The molecule has 6 bridgehead atoms. The van der Waals surface area contributed by atoms with Gasteiger partial charge in [-0.1, -0.05) is 24.3 Å². The molecule has 0 spiro atoms. The van der Waals surface area contributed by atoms with Crippen LogP contribution in [0.5, 0.6) is 46.0 Å². The van der Waals surface area contributed by atoms with Crippen LogP contribution in [-0.2, 0) is 32.3 Å². The molecule has 5 aromatic rings. The second-order valence-corrected chi connectivity index (χ2v) is 13.9. The van der Waals surface area contributed by atoms with E-state index in [4.69, 9.17) is 28.4 Å². The molecule has 268 valence electrons. The van der Waals surface area contributed by atoms with Gasteiger partial charge in [0.25, 0.3) is 0 Å². The molecule has 5 heterocycles. The smallest absolute Gasteiger partial charge is 0.204 e. The average molecular weight is 700 g/mol. The summed E-state index contributed by atoms with van der Waals surface area (Å²) in [5.74, 6) is 5.27. The van der Waals surface area contributed by atoms with Crippen molar-refractivity contribution in [2.24, 2.45) is 0 Å². The molecule has 9 nitrogen and oxygen atoms in total. The quantitative estimate of drug-likeness (QED) is 0.175. The summed E-state index contributed by atoms with van der Waals surface area (Å²) in [7, 11) is 9.44. The van der Waals surface area contributed by atoms with Crippen LogP contribution in [0.4, 0.5) is 0 Å². The van der Waals surface area contributed by atoms with E-state index in [1.165, 1.54) is 16.7 Å². The highest BCUT2D eigenvalue weighted by molar-refractivity contribution is 5.64. The van der Waals surface area contributed by atoms with Crippen molar-refractivity contribution in [2.75, 3.05) is 48.5 Å². The van der Waals surface area contributed by atoms with Crippen molar-refractivity contribution in [3.05, 3.63) is 124 Å². The van der Waals surface area contributed by atoms with Crippen LogP contribution in [-0.4, -0.2) is 63.3 Å². The molecule has 0 N–H and O–H groups in total. The molecule has 2 atom stereocenters. The van der Waals surface area contributed by atoms with Crippen LogP contribution in [0.2, 0.25) is 0 Å². The second kappa shape index (κ2) is 14.4. The molecule has 0 saturated heterocycles. The van der Waals surface area contributed by atoms with Gasteiger partial charge in [0, 0.05) is 48.7 Å². The number of rotatable bonds is 6. The fourth-order valence-electron chi connectivity index (χ4n) is 7.86. The molecule has 4 aliphatic rings. The third-order valence-corrected chi connectivity index (χ3v) is 10.8. The number of hydrogen-bond donors (Lipinski definition) is 0. The second-order valence-electron chi connectivity index (χ2n) is 13.9. The first-order chi connectivity index (χ1) is 25.4. The lowest BCUT2D eigenvalue weighted by molar-refractivity contribution is 0.216. The summed E-state index contributed by atoms with van der Waals surface area (Å²) in [6.07, 6.45) is 6.86. The van der Waals surface area contributed by atoms with E-state index >= 15 is 0 Å². The Bertz CT molecular complexity index is 2070. The Morgan fingerprint density at radius 3 is 2.15 bits per heavy atom. The van der Waals surface area contributed by atoms with Gasteiger partial charge in [0.05, 0.1) is 21.3 Å². The molecule has 4 aromatic carbocycles. The highest BCUT2D eigenvalue weighted by Gasteiger charge is 2.35. The zero-order valence-electron chi connectivity index (χ0n) is 30.5. The summed E-state index contributed by atoms with van der Waals surface area (Å²) in [6.45, 7) is 2.12. The number of fused-ring (bicyclic) bond motifs is 2. The number of benzene rings is 4. The fourth-order valence-corrected chi connectivity index (χ4v) is 7.86. The number of pyridine rings is 1. The number of methoxy groups -OCH3 is 3. The molecule has 52 heavy (non-hydrogen) atoms. The van der Waals surface area contributed by atoms with Gasteiger partial charge in [0.2, 0.25) is 5.75 Å². The average Bonchev–Trinajstić information content (AvgIpc) is 3.17. The Morgan fingerprint density at radius 1 is 0.712 bits per heavy atom. The van der Waals surface area contributed by atoms with E-state index < -0.39 is 0 Å². The summed E-state index contributed by atoms with van der Waals surface area (Å²) >= 11 is 0. The number of aromatic nitrogens is 1. The summed E-state index contributed by atoms with van der Waals surface area (Å²) in [6, 6.07) is 25.1. The lowest BCUT2D eigenvalue weighted by Crippen LogP contribution is -2.34. The summed E-state index contributed by atoms with van der Waals surface area (Å²) in [4.78, 5) is 9.13. The molecule has 0 radical (unpaired) electrons. The first-order valence-corrected chi connectivity index (χ1v) is 17.9. The van der Waals surface area contributed by atoms with Crippen LogP contribution >= 0.6 is 0 Å². The molecule has 0 aliphatic carbocycles. The van der Waals surface area contributed by atoms with Crippen LogP contribution < -0.4 is 28.4 Å². The van der Waals surface area contributed by atoms with E-state index in [-0.39, 0.29) is 12.1 Å². The maximum absolute atomic E-state index is 7.21. The summed E-state index contributed by atoms with van der Waals surface area (Å²) in [5, 5.41) is 0. The minimum Gasteiger partial charge on any atom is -0.493 e. The van der Waals surface area contributed by atoms with E-state index in [0.29, 0.717) is 53.3 Å². The number of ether oxygens (including phenoxy) is 6. The van der Waals surface area contributed by atoms with Crippen molar-refractivity contribution in [2.45, 2.75) is 44.4 Å². The molecule has 0 saturated carbocycles. The third kappa shape index (κ3) is 6.50. The molecule has 9 heteroatoms. The van der Waals surface area contributed by atoms with Crippen molar-refractivity contribution in [1.29, 1.82) is 0 Å². The molecule has 4 aliphatic heterocycles. The predicted molar refractivity (Wildman–Crippen MR) is 200 cm³/mol. The minimum absolute atomic E-state index is 0.0488. The fraction of sp³-hybridized carbons (Fsp3) is 0.326. The van der Waals surface area contributed by atoms with Crippen LogP contribution in [0.25, 0.3) is 0 Å². The van der Waals surface area contributed by atoms with Gasteiger partial charge in [-0.15, -0.1) is 0 Å². The molecular weight excluding hydrogens is 654 g/mol. The van der Waals surface area contributed by atoms with Gasteiger partial charge in [-0.3, -0.25) is 14.8 Å². The van der Waals surface area contributed by atoms with Crippen LogP contribution in [0.1, 0.15) is 51.0 Å². The highest BCUT2D eigenvalue weighted by Crippen LogP contribution is 2.52. The first kappa shape index (κ1) is 33.9. The first-order valence-electron chi connectivity index (χ1n) is 17.9. The third-order valence-electron chi connectivity index (χ3n) is 10.8. The Balaban J connectivity index is 1.35. The maximum Gasteiger partial charge on any atom is 0.204 e. The van der Waals surface area contributed by atoms with Crippen molar-refractivity contribution >= 4 is 0 Å². The zero-order chi connectivity index (χ0) is 35.8. The summed E-state index contributed by atoms with van der Waals surface area (Å²) in [5.41, 5.74) is 8.00. The largest absolute Gasteiger partial charge is 0.493 e. The summed E-state index contributed by atoms with van der Waals surface area (Å²) < 4.78 is 38.3. The topological polar surface area (TPSA) is 74.8 Å². The van der Waals surface area contributed by atoms with Crippen LogP contribution in [0.3, 0.4) is 0 Å². The van der Waals surface area contributed by atoms with Crippen molar-refractivity contribution in [1.82, 2.24) is 14.8 Å². The molecular formula is C43H45N3O6. The standard InChI is InChI=1S/C43H45N3O6/c1-45-17-14-30-22-37(48-4)39-24-33(30)34(45)19-27-8-11-32(12-9-27)51-38-21-28(10-13-36(38)47-3)20-35-41-31(15-18-46(35)2)23-40(49-5)42(43(41)52-39)50-26-29-7-6-16-44-25-29/h6-13,16,21-25,34-35H,14-15,17-20,26H2,1-5H3. The Labute approximate surface area is 305 Å². The van der Waals surface area contributed by atoms with Gasteiger partial charge in [-0.05, 0) is 116 Å². The molecule has 0 amide bonds. The van der Waals surface area contributed by atoms with Crippen LogP contribution in [0.15, 0.2) is 85.2 Å². The number of likely N-dealkylation sites (N-methyl/N-ethyl adjacent to an activating group) is 2.